The van der Waals surface area contributed by atoms with Crippen molar-refractivity contribution in [3.63, 3.8) is 0 Å². The average Bonchev–Trinajstić information content (AvgIpc) is 2.86. The summed E-state index contributed by atoms with van der Waals surface area (Å²) in [6.45, 7) is 2.27. The van der Waals surface area contributed by atoms with Crippen LogP contribution in [0.15, 0.2) is 59.5 Å². The molecule has 2 N–H and O–H groups in total. The van der Waals surface area contributed by atoms with Gasteiger partial charge in [0, 0.05) is 38.2 Å². The summed E-state index contributed by atoms with van der Waals surface area (Å²) in [5.41, 5.74) is 2.11. The molecule has 7 nitrogen and oxygen atoms in total. The van der Waals surface area contributed by atoms with Crippen molar-refractivity contribution >= 4 is 28.7 Å². The van der Waals surface area contributed by atoms with Crippen LogP contribution in [0.2, 0.25) is 5.02 Å². The lowest BCUT2D eigenvalue weighted by Crippen LogP contribution is -2.23. The summed E-state index contributed by atoms with van der Waals surface area (Å²) in [6, 6.07) is 13.1. The number of benzene rings is 2. The van der Waals surface area contributed by atoms with Crippen LogP contribution in [0.4, 0.5) is 21.5 Å². The molecule has 4 rings (SSSR count). The molecule has 0 atom stereocenters. The lowest BCUT2D eigenvalue weighted by Gasteiger charge is -2.24. The van der Waals surface area contributed by atoms with Crippen molar-refractivity contribution in [1.82, 2.24) is 9.78 Å². The number of aromatic nitrogens is 2. The predicted octanol–water partition coefficient (Wildman–Crippen LogP) is 4.38. The van der Waals surface area contributed by atoms with Gasteiger partial charge in [-0.25, -0.2) is 4.39 Å². The van der Waals surface area contributed by atoms with Gasteiger partial charge in [0.05, 0.1) is 24.2 Å². The molecule has 3 aromatic rings. The topological polar surface area (TPSA) is 79.6 Å². The van der Waals surface area contributed by atoms with Crippen LogP contribution in [0, 0.1) is 5.82 Å². The molecule has 0 amide bonds. The van der Waals surface area contributed by atoms with Crippen molar-refractivity contribution in [3.8, 4) is 5.69 Å². The molecule has 1 saturated heterocycles. The minimum Gasteiger partial charge on any atom is -0.395 e. The number of rotatable bonds is 6. The van der Waals surface area contributed by atoms with E-state index in [9.17, 15) is 14.3 Å². The fourth-order valence-electron chi connectivity index (χ4n) is 3.38. The number of nitrogens with zero attached hydrogens (tertiary/aromatic N) is 3. The summed E-state index contributed by atoms with van der Waals surface area (Å²) in [5.74, 6) is -0.328. The Morgan fingerprint density at radius 3 is 2.18 bits per heavy atom. The molecule has 0 saturated carbocycles. The van der Waals surface area contributed by atoms with E-state index in [-0.39, 0.29) is 17.4 Å². The summed E-state index contributed by atoms with van der Waals surface area (Å²) >= 11 is 6.06. The Kier molecular flexibility index (Phi) is 9.24. The Morgan fingerprint density at radius 2 is 1.70 bits per heavy atom. The van der Waals surface area contributed by atoms with Crippen LogP contribution >= 0.6 is 11.6 Å². The van der Waals surface area contributed by atoms with E-state index < -0.39 is 5.56 Å². The van der Waals surface area contributed by atoms with E-state index in [1.807, 2.05) is 4.90 Å². The maximum absolute atomic E-state index is 13.2. The van der Waals surface area contributed by atoms with E-state index in [0.29, 0.717) is 17.9 Å². The molecule has 33 heavy (non-hydrogen) atoms. The van der Waals surface area contributed by atoms with E-state index >= 15 is 0 Å². The third kappa shape index (κ3) is 6.54. The number of hydrogen-bond donors (Lipinski definition) is 2. The summed E-state index contributed by atoms with van der Waals surface area (Å²) in [5, 5.41) is 16.4. The molecule has 2 heterocycles. The highest BCUT2D eigenvalue weighted by Gasteiger charge is 2.12. The monoisotopic (exact) mass is 474 g/mol. The molecule has 2 aromatic carbocycles. The van der Waals surface area contributed by atoms with E-state index in [1.165, 1.54) is 42.3 Å². The third-order valence-electron chi connectivity index (χ3n) is 5.13. The van der Waals surface area contributed by atoms with E-state index in [2.05, 4.69) is 10.4 Å². The number of aliphatic hydroxyl groups excluding tert-OH is 1. The smallest absolute Gasteiger partial charge is 0.292 e. The Balaban J connectivity index is 0.000000442. The van der Waals surface area contributed by atoms with Crippen molar-refractivity contribution in [3.05, 3.63) is 75.9 Å². The van der Waals surface area contributed by atoms with Gasteiger partial charge in [-0.05, 0) is 67.8 Å². The van der Waals surface area contributed by atoms with Crippen molar-refractivity contribution in [1.29, 1.82) is 0 Å². The molecule has 1 aliphatic heterocycles. The number of anilines is 3. The van der Waals surface area contributed by atoms with Crippen molar-refractivity contribution < 1.29 is 14.2 Å². The molecular weight excluding hydrogens is 447 g/mol. The maximum atomic E-state index is 13.2. The highest BCUT2D eigenvalue weighted by molar-refractivity contribution is 6.32. The zero-order valence-corrected chi connectivity index (χ0v) is 19.3. The molecule has 176 valence electrons. The highest BCUT2D eigenvalue weighted by Crippen LogP contribution is 2.26. The summed E-state index contributed by atoms with van der Waals surface area (Å²) in [7, 11) is 1.66. The molecule has 1 aliphatic rings. The third-order valence-corrected chi connectivity index (χ3v) is 5.50. The van der Waals surface area contributed by atoms with Gasteiger partial charge in [0.15, 0.2) is 0 Å². The lowest BCUT2D eigenvalue weighted by molar-refractivity contribution is 0.0968. The van der Waals surface area contributed by atoms with Gasteiger partial charge in [0.1, 0.15) is 10.8 Å². The van der Waals surface area contributed by atoms with Gasteiger partial charge in [0.25, 0.3) is 5.56 Å². The van der Waals surface area contributed by atoms with Gasteiger partial charge < -0.3 is 20.1 Å². The molecule has 1 aromatic heterocycles. The summed E-state index contributed by atoms with van der Waals surface area (Å²) in [4.78, 5) is 14.2. The van der Waals surface area contributed by atoms with Crippen molar-refractivity contribution in [2.75, 3.05) is 43.6 Å². The largest absolute Gasteiger partial charge is 0.395 e. The van der Waals surface area contributed by atoms with Gasteiger partial charge in [-0.2, -0.15) is 9.78 Å². The van der Waals surface area contributed by atoms with Crippen LogP contribution < -0.4 is 15.8 Å². The van der Waals surface area contributed by atoms with Gasteiger partial charge in [-0.3, -0.25) is 4.79 Å². The first-order chi connectivity index (χ1) is 16.0. The number of hydrogen-bond acceptors (Lipinski definition) is 6. The van der Waals surface area contributed by atoms with Crippen molar-refractivity contribution in [2.24, 2.45) is 0 Å². The SMILES string of the molecule is C1CCOCC1.CNc1cnn(-c2ccc(N(CCO)c3ccc(F)cc3)cc2)c(=O)c1Cl. The average molecular weight is 475 g/mol. The quantitative estimate of drug-likeness (QED) is 0.551. The van der Waals surface area contributed by atoms with Crippen LogP contribution in [0.3, 0.4) is 0 Å². The molecule has 1 fully saturated rings. The van der Waals surface area contributed by atoms with Gasteiger partial charge in [0.2, 0.25) is 0 Å². The van der Waals surface area contributed by atoms with Crippen LogP contribution in [-0.4, -0.2) is 48.3 Å². The molecule has 0 spiro atoms. The fourth-order valence-corrected chi connectivity index (χ4v) is 3.60. The number of halogens is 2. The summed E-state index contributed by atoms with van der Waals surface area (Å²) < 4.78 is 19.5. The number of nitrogens with one attached hydrogen (secondary N) is 1. The number of ether oxygens (including phenoxy) is 1. The zero-order chi connectivity index (χ0) is 23.6. The Morgan fingerprint density at radius 1 is 1.09 bits per heavy atom. The van der Waals surface area contributed by atoms with E-state index in [4.69, 9.17) is 16.3 Å². The number of aliphatic hydroxyl groups is 1. The van der Waals surface area contributed by atoms with Crippen LogP contribution in [0.5, 0.6) is 0 Å². The second-order valence-electron chi connectivity index (χ2n) is 7.38. The zero-order valence-electron chi connectivity index (χ0n) is 18.5. The van der Waals surface area contributed by atoms with Crippen molar-refractivity contribution in [2.45, 2.75) is 19.3 Å². The minimum atomic E-state index is -0.429. The summed E-state index contributed by atoms with van der Waals surface area (Å²) in [6.07, 6.45) is 5.41. The second-order valence-corrected chi connectivity index (χ2v) is 7.76. The first-order valence-electron chi connectivity index (χ1n) is 10.8. The highest BCUT2D eigenvalue weighted by atomic mass is 35.5. The van der Waals surface area contributed by atoms with Crippen LogP contribution in [0.25, 0.3) is 5.69 Å². The first-order valence-corrected chi connectivity index (χ1v) is 11.2. The predicted molar refractivity (Wildman–Crippen MR) is 130 cm³/mol. The fraction of sp³-hybridized carbons (Fsp3) is 0.333. The Labute approximate surface area is 197 Å². The van der Waals surface area contributed by atoms with E-state index in [1.54, 1.807) is 43.4 Å². The second kappa shape index (κ2) is 12.3. The van der Waals surface area contributed by atoms with Gasteiger partial charge >= 0.3 is 0 Å². The molecule has 0 bridgehead atoms. The Bertz CT molecular complexity index is 1060. The molecule has 0 unspecified atom stereocenters. The maximum Gasteiger partial charge on any atom is 0.292 e. The van der Waals surface area contributed by atoms with Gasteiger partial charge in [-0.15, -0.1) is 0 Å². The molecule has 9 heteroatoms. The molecular formula is C24H28ClFN4O3. The standard InChI is InChI=1S/C19H18ClFN4O2.C5H10O/c1-22-17-12-23-25(19(27)18(17)20)16-8-6-15(7-9-16)24(10-11-26)14-4-2-13(21)3-5-14;1-2-4-6-5-3-1/h2-9,12,22,26H,10-11H2,1H3;1-5H2. The van der Waals surface area contributed by atoms with Gasteiger partial charge in [-0.1, -0.05) is 11.6 Å². The van der Waals surface area contributed by atoms with E-state index in [0.717, 1.165) is 24.6 Å². The minimum absolute atomic E-state index is 0.0600. The normalized spacial score (nSPS) is 13.1. The van der Waals surface area contributed by atoms with Crippen LogP contribution in [-0.2, 0) is 4.74 Å². The molecule has 0 aliphatic carbocycles. The lowest BCUT2D eigenvalue weighted by atomic mass is 10.2. The Hall–Kier alpha value is -2.94. The first kappa shape index (κ1) is 24.7. The molecule has 0 radical (unpaired) electrons. The van der Waals surface area contributed by atoms with Crippen LogP contribution in [0.1, 0.15) is 19.3 Å².